The van der Waals surface area contributed by atoms with Crippen molar-refractivity contribution in [2.45, 2.75) is 202 Å². The van der Waals surface area contributed by atoms with E-state index in [1.165, 1.54) is 165 Å². The van der Waals surface area contributed by atoms with Crippen LogP contribution in [-0.4, -0.2) is 79.3 Å². The first-order chi connectivity index (χ1) is 30.8. The van der Waals surface area contributed by atoms with Crippen molar-refractivity contribution in [1.29, 1.82) is 0 Å². The number of piperidine rings is 4. The lowest BCUT2D eigenvalue weighted by Gasteiger charge is -2.55. The molecule has 8 bridgehead atoms. The van der Waals surface area contributed by atoms with Crippen LogP contribution in [-0.2, 0) is 27.2 Å². The summed E-state index contributed by atoms with van der Waals surface area (Å²) in [7, 11) is 1.48. The molecule has 12 atom stereocenters. The van der Waals surface area contributed by atoms with E-state index in [-0.39, 0.29) is 12.4 Å². The van der Waals surface area contributed by atoms with Crippen LogP contribution in [0.15, 0.2) is 60.9 Å². The third-order valence-electron chi connectivity index (χ3n) is 18.4. The fourth-order valence-electron chi connectivity index (χ4n) is 16.1. The van der Waals surface area contributed by atoms with E-state index < -0.39 is 5.97 Å². The van der Waals surface area contributed by atoms with Gasteiger partial charge in [-0.05, 0) is 137 Å². The highest BCUT2D eigenvalue weighted by molar-refractivity contribution is 5.88. The van der Waals surface area contributed by atoms with Crippen molar-refractivity contribution < 1.29 is 19.4 Å². The summed E-state index contributed by atoms with van der Waals surface area (Å²) in [5.74, 6) is 3.09. The Morgan fingerprint density at radius 1 is 0.492 bits per heavy atom. The summed E-state index contributed by atoms with van der Waals surface area (Å²) in [6.45, 7) is 0. The smallest absolute Gasteiger partial charge is 0.310 e. The zero-order chi connectivity index (χ0) is 42.6. The minimum atomic E-state index is -0.738. The summed E-state index contributed by atoms with van der Waals surface area (Å²) in [4.78, 5) is 29.5. The van der Waals surface area contributed by atoms with Gasteiger partial charge in [0.05, 0.1) is 20.0 Å². The number of para-hydroxylation sites is 2. The number of nitrogens with zero attached hydrogens (tertiary/aromatic N) is 4. The molecule has 1 N–H and O–H groups in total. The van der Waals surface area contributed by atoms with Crippen LogP contribution in [0.4, 0.5) is 0 Å². The summed E-state index contributed by atoms with van der Waals surface area (Å²) < 4.78 is 9.95. The fourth-order valence-corrected chi connectivity index (χ4v) is 16.1. The van der Waals surface area contributed by atoms with Crippen LogP contribution >= 0.6 is 0 Å². The summed E-state index contributed by atoms with van der Waals surface area (Å²) in [6.07, 6.45) is 35.8. The zero-order valence-electron chi connectivity index (χ0n) is 38.1. The molecule has 338 valence electrons. The number of carboxylic acid groups (broad SMARTS) is 1. The maximum atomic E-state index is 12.0. The lowest BCUT2D eigenvalue weighted by molar-refractivity contribution is -0.140. The van der Waals surface area contributed by atoms with Gasteiger partial charge in [-0.25, -0.2) is 0 Å². The van der Waals surface area contributed by atoms with Gasteiger partial charge in [0.25, 0.3) is 0 Å². The summed E-state index contributed by atoms with van der Waals surface area (Å²) in [5, 5.41) is 11.7. The molecule has 8 heteroatoms. The molecule has 2 aromatic heterocycles. The zero-order valence-corrected chi connectivity index (χ0v) is 38.1. The number of benzene rings is 2. The van der Waals surface area contributed by atoms with Gasteiger partial charge in [-0.15, -0.1) is 0 Å². The van der Waals surface area contributed by atoms with Crippen LogP contribution in [0.5, 0.6) is 0 Å². The Hall–Kier alpha value is -3.62. The first-order valence-electron chi connectivity index (χ1n) is 25.9. The molecular weight excluding hydrogens is 781 g/mol. The van der Waals surface area contributed by atoms with Crippen LogP contribution in [0.25, 0.3) is 21.8 Å². The largest absolute Gasteiger partial charge is 0.481 e. The van der Waals surface area contributed by atoms with Gasteiger partial charge in [-0.3, -0.25) is 19.4 Å². The molecule has 6 heterocycles. The molecule has 0 radical (unpaired) electrons. The molecule has 4 aromatic rings. The van der Waals surface area contributed by atoms with Crippen LogP contribution in [0.2, 0.25) is 0 Å². The van der Waals surface area contributed by atoms with Gasteiger partial charge in [0.2, 0.25) is 0 Å². The predicted octanol–water partition coefficient (Wildman–Crippen LogP) is 11.7. The molecule has 2 aromatic carbocycles. The molecule has 0 amide bonds. The van der Waals surface area contributed by atoms with E-state index in [1.807, 2.05) is 6.07 Å². The van der Waals surface area contributed by atoms with E-state index in [1.54, 1.807) is 0 Å². The second kappa shape index (κ2) is 18.0. The number of aliphatic carboxylic acids is 1. The van der Waals surface area contributed by atoms with E-state index in [4.69, 9.17) is 4.74 Å². The van der Waals surface area contributed by atoms with Crippen molar-refractivity contribution in [2.75, 3.05) is 7.11 Å². The van der Waals surface area contributed by atoms with Crippen molar-refractivity contribution in [2.24, 2.45) is 23.7 Å². The van der Waals surface area contributed by atoms with Gasteiger partial charge < -0.3 is 19.0 Å². The lowest BCUT2D eigenvalue weighted by atomic mass is 9.68. The van der Waals surface area contributed by atoms with E-state index >= 15 is 0 Å². The summed E-state index contributed by atoms with van der Waals surface area (Å²) >= 11 is 0. The second-order valence-electron chi connectivity index (χ2n) is 22.2. The number of carboxylic acids is 1. The number of methoxy groups -OCH3 is 1. The van der Waals surface area contributed by atoms with E-state index in [0.717, 1.165) is 64.4 Å². The number of carbonyl (C=O) groups is 2. The number of esters is 1. The molecular formula is C55H74N4O4. The minimum Gasteiger partial charge on any atom is -0.481 e. The molecule has 8 aliphatic rings. The number of hydrogen-bond donors (Lipinski definition) is 1. The van der Waals surface area contributed by atoms with Crippen molar-refractivity contribution in [3.8, 4) is 0 Å². The Morgan fingerprint density at radius 2 is 0.873 bits per heavy atom. The summed E-state index contributed by atoms with van der Waals surface area (Å²) in [5.41, 5.74) is 4.59. The second-order valence-corrected chi connectivity index (χ2v) is 22.2. The molecule has 0 spiro atoms. The molecule has 4 aliphatic heterocycles. The van der Waals surface area contributed by atoms with Gasteiger partial charge in [-0.2, -0.15) is 0 Å². The fraction of sp³-hybridized carbons (Fsp3) is 0.673. The van der Waals surface area contributed by atoms with Crippen LogP contribution < -0.4 is 0 Å². The molecule has 8 nitrogen and oxygen atoms in total. The van der Waals surface area contributed by atoms with Crippen molar-refractivity contribution in [1.82, 2.24) is 18.9 Å². The monoisotopic (exact) mass is 855 g/mol. The molecule has 4 saturated carbocycles. The number of ether oxygens (including phenoxy) is 1. The standard InChI is InChI=1S/C28H38N2O2.C27H36N2O2/c1-32-28(31)15-21-18-29(27-11-3-2-10-26(21)27)24-16-22-8-5-9-23(17-24)30(22)25-13-19-6-4-7-20(12-19)14-25;30-27(31)14-20-17-28(26-10-2-1-9-25(20)26)23-15-21-7-4-8-22(16-23)29(21)24-12-18-5-3-6-19(11-18)13-24/h2-3,10-11,18-20,22-25H,4-9,12-17H2,1H3;1-2,9-10,17-19,21-24H,3-8,11-16H2,(H,30,31)/t19-,20+,22-,23+,24?,25?;18-,19+,21-,22+,23?,24?. The quantitative estimate of drug-likeness (QED) is 0.178. The van der Waals surface area contributed by atoms with E-state index in [9.17, 15) is 14.7 Å². The van der Waals surface area contributed by atoms with Crippen LogP contribution in [0.1, 0.15) is 164 Å². The molecule has 4 unspecified atom stereocenters. The Morgan fingerprint density at radius 3 is 1.27 bits per heavy atom. The molecule has 8 fully saturated rings. The average molecular weight is 855 g/mol. The SMILES string of the molecule is COC(=O)Cc1cn(C2C[C@H]3CCC[C@@H](C2)N3C2C[C@H]3CCC[C@@H](C2)C3)c2ccccc12.O=C(O)Cc1cn(C2C[C@H]3CCC[C@@H](C2)N3C2C[C@H]3CCC[C@@H](C2)C3)c2ccccc12. The number of carbonyl (C=O) groups excluding carboxylic acids is 1. The predicted molar refractivity (Wildman–Crippen MR) is 251 cm³/mol. The van der Waals surface area contributed by atoms with Crippen LogP contribution in [0.3, 0.4) is 0 Å². The maximum Gasteiger partial charge on any atom is 0.310 e. The Bertz CT molecular complexity index is 2210. The molecule has 63 heavy (non-hydrogen) atoms. The minimum absolute atomic E-state index is 0.115. The molecule has 4 saturated heterocycles. The van der Waals surface area contributed by atoms with Gasteiger partial charge in [0.15, 0.2) is 0 Å². The Balaban J connectivity index is 0.000000141. The first kappa shape index (κ1) is 42.0. The summed E-state index contributed by atoms with van der Waals surface area (Å²) in [6, 6.07) is 22.7. The van der Waals surface area contributed by atoms with Crippen molar-refractivity contribution >= 4 is 33.7 Å². The Kier molecular flexibility index (Phi) is 12.0. The van der Waals surface area contributed by atoms with Gasteiger partial charge >= 0.3 is 11.9 Å². The first-order valence-corrected chi connectivity index (χ1v) is 25.9. The van der Waals surface area contributed by atoms with E-state index in [2.05, 4.69) is 73.8 Å². The maximum absolute atomic E-state index is 12.0. The number of rotatable bonds is 8. The molecule has 4 aliphatic carbocycles. The average Bonchev–Trinajstić information content (AvgIpc) is 3.83. The highest BCUT2D eigenvalue weighted by Crippen LogP contribution is 2.50. The van der Waals surface area contributed by atoms with Gasteiger partial charge in [0, 0.05) is 82.5 Å². The number of aromatic nitrogens is 2. The van der Waals surface area contributed by atoms with Gasteiger partial charge in [0.1, 0.15) is 0 Å². The number of hydrogen-bond acceptors (Lipinski definition) is 5. The van der Waals surface area contributed by atoms with Crippen molar-refractivity contribution in [3.05, 3.63) is 72.1 Å². The van der Waals surface area contributed by atoms with Crippen molar-refractivity contribution in [3.63, 3.8) is 0 Å². The van der Waals surface area contributed by atoms with Gasteiger partial charge in [-0.1, -0.05) is 87.8 Å². The number of fused-ring (bicyclic) bond motifs is 10. The highest BCUT2D eigenvalue weighted by atomic mass is 16.5. The third-order valence-corrected chi connectivity index (χ3v) is 18.4. The third kappa shape index (κ3) is 8.43. The Labute approximate surface area is 376 Å². The normalized spacial score (nSPS) is 35.4. The molecule has 12 rings (SSSR count). The lowest BCUT2D eigenvalue weighted by Crippen LogP contribution is -2.58. The highest BCUT2D eigenvalue weighted by Gasteiger charge is 2.47. The topological polar surface area (TPSA) is 79.9 Å². The van der Waals surface area contributed by atoms with E-state index in [0.29, 0.717) is 30.6 Å². The van der Waals surface area contributed by atoms with Crippen LogP contribution in [0, 0.1) is 23.7 Å².